The average molecular weight is 314 g/mol. The van der Waals surface area contributed by atoms with Crippen LogP contribution in [0.25, 0.3) is 0 Å². The lowest BCUT2D eigenvalue weighted by atomic mass is 10.1. The molecule has 22 heavy (non-hydrogen) atoms. The fraction of sp³-hybridized carbons (Fsp3) is 0.467. The maximum atomic E-state index is 13.5. The van der Waals surface area contributed by atoms with E-state index in [2.05, 4.69) is 5.32 Å². The molecule has 0 spiro atoms. The summed E-state index contributed by atoms with van der Waals surface area (Å²) >= 11 is 0. The SMILES string of the molecule is CCC(CCC(=O)O)N(C)C(=O)NCc1cccc(F)c1F. The highest BCUT2D eigenvalue weighted by Crippen LogP contribution is 2.12. The van der Waals surface area contributed by atoms with E-state index in [1.165, 1.54) is 17.0 Å². The Kier molecular flexibility index (Phi) is 6.75. The second-order valence-electron chi connectivity index (χ2n) is 4.98. The maximum absolute atomic E-state index is 13.5. The lowest BCUT2D eigenvalue weighted by Gasteiger charge is -2.27. The number of benzene rings is 1. The molecule has 0 aliphatic carbocycles. The molecule has 0 saturated heterocycles. The van der Waals surface area contributed by atoms with Crippen molar-refractivity contribution < 1.29 is 23.5 Å². The van der Waals surface area contributed by atoms with Gasteiger partial charge in [-0.15, -0.1) is 0 Å². The number of carbonyl (C=O) groups is 2. The molecule has 5 nitrogen and oxygen atoms in total. The fourth-order valence-corrected chi connectivity index (χ4v) is 2.11. The Morgan fingerprint density at radius 2 is 2.05 bits per heavy atom. The number of nitrogens with zero attached hydrogens (tertiary/aromatic N) is 1. The number of halogens is 2. The van der Waals surface area contributed by atoms with Crippen molar-refractivity contribution >= 4 is 12.0 Å². The van der Waals surface area contributed by atoms with Gasteiger partial charge in [-0.2, -0.15) is 0 Å². The molecule has 0 aliphatic rings. The van der Waals surface area contributed by atoms with Crippen LogP contribution in [0.5, 0.6) is 0 Å². The number of carbonyl (C=O) groups excluding carboxylic acids is 1. The highest BCUT2D eigenvalue weighted by molar-refractivity contribution is 5.74. The van der Waals surface area contributed by atoms with Gasteiger partial charge in [0.2, 0.25) is 0 Å². The molecule has 0 bridgehead atoms. The van der Waals surface area contributed by atoms with Gasteiger partial charge in [0.15, 0.2) is 11.6 Å². The van der Waals surface area contributed by atoms with Crippen LogP contribution in [0.15, 0.2) is 18.2 Å². The topological polar surface area (TPSA) is 69.6 Å². The van der Waals surface area contributed by atoms with Crippen LogP contribution in [0, 0.1) is 11.6 Å². The Balaban J connectivity index is 2.59. The number of nitrogens with one attached hydrogen (secondary N) is 1. The van der Waals surface area contributed by atoms with Crippen LogP contribution in [0.3, 0.4) is 0 Å². The predicted octanol–water partition coefficient (Wildman–Crippen LogP) is 2.75. The lowest BCUT2D eigenvalue weighted by Crippen LogP contribution is -2.43. The van der Waals surface area contributed by atoms with Crippen LogP contribution in [0.1, 0.15) is 31.7 Å². The zero-order valence-corrected chi connectivity index (χ0v) is 12.6. The van der Waals surface area contributed by atoms with E-state index in [1.807, 2.05) is 6.92 Å². The van der Waals surface area contributed by atoms with Gasteiger partial charge in [-0.05, 0) is 18.9 Å². The first kappa shape index (κ1) is 17.9. The minimum absolute atomic E-state index is 0.0331. The van der Waals surface area contributed by atoms with Crippen molar-refractivity contribution in [1.82, 2.24) is 10.2 Å². The van der Waals surface area contributed by atoms with E-state index in [1.54, 1.807) is 7.05 Å². The molecule has 0 heterocycles. The molecular formula is C15H20F2N2O3. The van der Waals surface area contributed by atoms with Gasteiger partial charge in [0.05, 0.1) is 0 Å². The summed E-state index contributed by atoms with van der Waals surface area (Å²) < 4.78 is 26.5. The Labute approximate surface area is 127 Å². The minimum Gasteiger partial charge on any atom is -0.481 e. The summed E-state index contributed by atoms with van der Waals surface area (Å²) in [7, 11) is 1.55. The predicted molar refractivity (Wildman–Crippen MR) is 77.3 cm³/mol. The van der Waals surface area contributed by atoms with Gasteiger partial charge < -0.3 is 15.3 Å². The molecule has 0 fully saturated rings. The van der Waals surface area contributed by atoms with E-state index >= 15 is 0 Å². The van der Waals surface area contributed by atoms with Crippen molar-refractivity contribution in [2.45, 2.75) is 38.8 Å². The fourth-order valence-electron chi connectivity index (χ4n) is 2.11. The molecular weight excluding hydrogens is 294 g/mol. The van der Waals surface area contributed by atoms with Crippen molar-refractivity contribution in [3.05, 3.63) is 35.4 Å². The highest BCUT2D eigenvalue weighted by Gasteiger charge is 2.19. The van der Waals surface area contributed by atoms with E-state index in [0.717, 1.165) is 6.07 Å². The van der Waals surface area contributed by atoms with E-state index < -0.39 is 23.6 Å². The summed E-state index contributed by atoms with van der Waals surface area (Å²) in [5, 5.41) is 11.2. The van der Waals surface area contributed by atoms with E-state index in [-0.39, 0.29) is 24.6 Å². The smallest absolute Gasteiger partial charge is 0.317 e. The second-order valence-corrected chi connectivity index (χ2v) is 4.98. The molecule has 0 radical (unpaired) electrons. The van der Waals surface area contributed by atoms with Crippen LogP contribution in [0.4, 0.5) is 13.6 Å². The average Bonchev–Trinajstić information content (AvgIpc) is 2.48. The molecule has 1 aromatic rings. The zero-order chi connectivity index (χ0) is 16.7. The van der Waals surface area contributed by atoms with Crippen molar-refractivity contribution in [3.8, 4) is 0 Å². The van der Waals surface area contributed by atoms with Crippen molar-refractivity contribution in [3.63, 3.8) is 0 Å². The van der Waals surface area contributed by atoms with Crippen LogP contribution < -0.4 is 5.32 Å². The second kappa shape index (κ2) is 8.31. The molecule has 1 unspecified atom stereocenters. The van der Waals surface area contributed by atoms with Crippen LogP contribution in [-0.4, -0.2) is 35.1 Å². The summed E-state index contributed by atoms with van der Waals surface area (Å²) in [4.78, 5) is 24.0. The van der Waals surface area contributed by atoms with Crippen LogP contribution >= 0.6 is 0 Å². The normalized spacial score (nSPS) is 11.8. The lowest BCUT2D eigenvalue weighted by molar-refractivity contribution is -0.137. The molecule has 122 valence electrons. The molecule has 2 N–H and O–H groups in total. The van der Waals surface area contributed by atoms with Crippen LogP contribution in [0.2, 0.25) is 0 Å². The number of carboxylic acid groups (broad SMARTS) is 1. The molecule has 2 amide bonds. The van der Waals surface area contributed by atoms with Crippen molar-refractivity contribution in [2.75, 3.05) is 7.05 Å². The molecule has 0 aliphatic heterocycles. The third kappa shape index (κ3) is 4.98. The first-order valence-electron chi connectivity index (χ1n) is 7.02. The Morgan fingerprint density at radius 1 is 1.36 bits per heavy atom. The van der Waals surface area contributed by atoms with Gasteiger partial charge >= 0.3 is 12.0 Å². The summed E-state index contributed by atoms with van der Waals surface area (Å²) in [5.41, 5.74) is 0.0559. The van der Waals surface area contributed by atoms with E-state index in [9.17, 15) is 18.4 Å². The Bertz CT molecular complexity index is 538. The van der Waals surface area contributed by atoms with Gasteiger partial charge in [0.1, 0.15) is 0 Å². The number of amides is 2. The molecule has 1 rings (SSSR count). The third-order valence-corrected chi connectivity index (χ3v) is 3.49. The number of urea groups is 1. The molecule has 1 atom stereocenters. The van der Waals surface area contributed by atoms with E-state index in [0.29, 0.717) is 12.8 Å². The van der Waals surface area contributed by atoms with Gasteiger partial charge in [-0.25, -0.2) is 13.6 Å². The van der Waals surface area contributed by atoms with Crippen molar-refractivity contribution in [2.24, 2.45) is 0 Å². The maximum Gasteiger partial charge on any atom is 0.317 e. The third-order valence-electron chi connectivity index (χ3n) is 3.49. The van der Waals surface area contributed by atoms with Crippen LogP contribution in [-0.2, 0) is 11.3 Å². The molecule has 0 saturated carbocycles. The van der Waals surface area contributed by atoms with Crippen molar-refractivity contribution in [1.29, 1.82) is 0 Å². The summed E-state index contributed by atoms with van der Waals surface area (Å²) in [5.74, 6) is -2.87. The zero-order valence-electron chi connectivity index (χ0n) is 12.6. The van der Waals surface area contributed by atoms with Gasteiger partial charge in [0, 0.05) is 31.6 Å². The molecule has 7 heteroatoms. The monoisotopic (exact) mass is 314 g/mol. The Morgan fingerprint density at radius 3 is 2.64 bits per heavy atom. The van der Waals surface area contributed by atoms with Gasteiger partial charge in [-0.3, -0.25) is 4.79 Å². The first-order chi connectivity index (χ1) is 10.4. The number of rotatable bonds is 7. The summed E-state index contributed by atoms with van der Waals surface area (Å²) in [6.07, 6.45) is 0.907. The number of carboxylic acids is 1. The first-order valence-corrected chi connectivity index (χ1v) is 7.02. The standard InChI is InChI=1S/C15H20F2N2O3/c1-3-11(7-8-13(20)21)19(2)15(22)18-9-10-5-4-6-12(16)14(10)17/h4-6,11H,3,7-9H2,1-2H3,(H,18,22)(H,20,21). The number of hydrogen-bond donors (Lipinski definition) is 2. The summed E-state index contributed by atoms with van der Waals surface area (Å²) in [6, 6.07) is 3.08. The molecule has 0 aromatic heterocycles. The number of aliphatic carboxylic acids is 1. The molecule has 1 aromatic carbocycles. The summed E-state index contributed by atoms with van der Waals surface area (Å²) in [6.45, 7) is 1.71. The van der Waals surface area contributed by atoms with E-state index in [4.69, 9.17) is 5.11 Å². The number of hydrogen-bond acceptors (Lipinski definition) is 2. The van der Waals surface area contributed by atoms with Gasteiger partial charge in [-0.1, -0.05) is 19.1 Å². The minimum atomic E-state index is -0.983. The van der Waals surface area contributed by atoms with Gasteiger partial charge in [0.25, 0.3) is 0 Å². The quantitative estimate of drug-likeness (QED) is 0.813. The highest BCUT2D eigenvalue weighted by atomic mass is 19.2. The largest absolute Gasteiger partial charge is 0.481 e. The Hall–Kier alpha value is -2.18.